The molecular weight excluding hydrogens is 370 g/mol. The highest BCUT2D eigenvalue weighted by atomic mass is 16.5. The Labute approximate surface area is 176 Å². The molecule has 4 rings (SSSR count). The maximum Gasteiger partial charge on any atom is 0.308 e. The molecule has 0 N–H and O–H groups in total. The highest BCUT2D eigenvalue weighted by Gasteiger charge is 2.18. The summed E-state index contributed by atoms with van der Waals surface area (Å²) >= 11 is 0. The van der Waals surface area contributed by atoms with Crippen molar-refractivity contribution in [2.75, 3.05) is 7.11 Å². The normalized spacial score (nSPS) is 11.6. The average molecular weight is 393 g/mol. The van der Waals surface area contributed by atoms with Crippen molar-refractivity contribution in [2.24, 2.45) is 4.99 Å². The highest BCUT2D eigenvalue weighted by Crippen LogP contribution is 2.28. The van der Waals surface area contributed by atoms with Crippen LogP contribution in [0.5, 0.6) is 0 Å². The SMILES string of the molecule is COC(=O)CC(N=C(c1ccccc1)c1ccccc1)c1ccc2ccccc2c1. The zero-order valence-corrected chi connectivity index (χ0v) is 16.9. The second-order valence-corrected chi connectivity index (χ2v) is 7.11. The third-order valence-corrected chi connectivity index (χ3v) is 5.13. The Morgan fingerprint density at radius 1 is 0.767 bits per heavy atom. The van der Waals surface area contributed by atoms with Crippen LogP contribution in [0.4, 0.5) is 0 Å². The lowest BCUT2D eigenvalue weighted by Crippen LogP contribution is -2.11. The molecule has 3 heteroatoms. The van der Waals surface area contributed by atoms with E-state index in [1.807, 2.05) is 78.9 Å². The van der Waals surface area contributed by atoms with Gasteiger partial charge >= 0.3 is 5.97 Å². The van der Waals surface area contributed by atoms with Gasteiger partial charge in [0.05, 0.1) is 25.3 Å². The number of ether oxygens (including phenoxy) is 1. The van der Waals surface area contributed by atoms with Gasteiger partial charge in [-0.05, 0) is 22.4 Å². The van der Waals surface area contributed by atoms with Crippen molar-refractivity contribution in [1.82, 2.24) is 0 Å². The molecule has 0 spiro atoms. The molecule has 0 aliphatic rings. The molecule has 0 fully saturated rings. The fourth-order valence-electron chi connectivity index (χ4n) is 3.56. The molecule has 3 nitrogen and oxygen atoms in total. The van der Waals surface area contributed by atoms with Gasteiger partial charge in [-0.2, -0.15) is 0 Å². The van der Waals surface area contributed by atoms with Crippen molar-refractivity contribution in [1.29, 1.82) is 0 Å². The topological polar surface area (TPSA) is 38.7 Å². The number of esters is 1. The van der Waals surface area contributed by atoms with Crippen molar-refractivity contribution in [3.05, 3.63) is 120 Å². The van der Waals surface area contributed by atoms with Gasteiger partial charge in [-0.1, -0.05) is 97.1 Å². The molecule has 0 saturated heterocycles. The van der Waals surface area contributed by atoms with Gasteiger partial charge in [0.1, 0.15) is 0 Å². The van der Waals surface area contributed by atoms with Crippen LogP contribution in [0.15, 0.2) is 108 Å². The number of rotatable bonds is 6. The zero-order valence-electron chi connectivity index (χ0n) is 16.9. The van der Waals surface area contributed by atoms with Crippen LogP contribution in [0.1, 0.15) is 29.2 Å². The molecule has 4 aromatic rings. The highest BCUT2D eigenvalue weighted by molar-refractivity contribution is 6.13. The van der Waals surface area contributed by atoms with Crippen LogP contribution in [0, 0.1) is 0 Å². The summed E-state index contributed by atoms with van der Waals surface area (Å²) in [6.45, 7) is 0. The van der Waals surface area contributed by atoms with E-state index in [9.17, 15) is 4.79 Å². The second kappa shape index (κ2) is 9.19. The van der Waals surface area contributed by atoms with Crippen LogP contribution in [0.2, 0.25) is 0 Å². The lowest BCUT2D eigenvalue weighted by atomic mass is 9.98. The zero-order chi connectivity index (χ0) is 20.8. The summed E-state index contributed by atoms with van der Waals surface area (Å²) in [5, 5.41) is 2.29. The van der Waals surface area contributed by atoms with Crippen molar-refractivity contribution >= 4 is 22.5 Å². The van der Waals surface area contributed by atoms with Crippen molar-refractivity contribution < 1.29 is 9.53 Å². The van der Waals surface area contributed by atoms with Gasteiger partial charge in [0, 0.05) is 11.1 Å². The molecule has 0 aliphatic carbocycles. The van der Waals surface area contributed by atoms with E-state index in [1.54, 1.807) is 0 Å². The van der Waals surface area contributed by atoms with E-state index in [2.05, 4.69) is 24.3 Å². The van der Waals surface area contributed by atoms with Crippen LogP contribution in [0.25, 0.3) is 10.8 Å². The summed E-state index contributed by atoms with van der Waals surface area (Å²) in [5.41, 5.74) is 3.88. The molecule has 0 heterocycles. The van der Waals surface area contributed by atoms with E-state index in [0.29, 0.717) is 0 Å². The Morgan fingerprint density at radius 3 is 1.93 bits per heavy atom. The van der Waals surface area contributed by atoms with Crippen LogP contribution < -0.4 is 0 Å². The largest absolute Gasteiger partial charge is 0.469 e. The smallest absolute Gasteiger partial charge is 0.308 e. The van der Waals surface area contributed by atoms with Gasteiger partial charge in [0.15, 0.2) is 0 Å². The lowest BCUT2D eigenvalue weighted by Gasteiger charge is -2.16. The molecule has 1 atom stereocenters. The monoisotopic (exact) mass is 393 g/mol. The molecule has 0 saturated carbocycles. The molecule has 0 aromatic heterocycles. The first-order chi connectivity index (χ1) is 14.7. The molecule has 148 valence electrons. The number of aliphatic imine (C=N–C) groups is 1. The minimum Gasteiger partial charge on any atom is -0.469 e. The summed E-state index contributed by atoms with van der Waals surface area (Å²) in [6.07, 6.45) is 0.179. The first kappa shape index (κ1) is 19.6. The van der Waals surface area contributed by atoms with Gasteiger partial charge in [0.2, 0.25) is 0 Å². The average Bonchev–Trinajstić information content (AvgIpc) is 2.82. The van der Waals surface area contributed by atoms with Gasteiger partial charge in [-0.3, -0.25) is 9.79 Å². The molecule has 0 radical (unpaired) electrons. The number of carbonyl (C=O) groups is 1. The summed E-state index contributed by atoms with van der Waals surface area (Å²) < 4.78 is 4.97. The van der Waals surface area contributed by atoms with E-state index in [1.165, 1.54) is 7.11 Å². The summed E-state index contributed by atoms with van der Waals surface area (Å²) in [6, 6.07) is 34.2. The van der Waals surface area contributed by atoms with Crippen LogP contribution in [0.3, 0.4) is 0 Å². The van der Waals surface area contributed by atoms with E-state index >= 15 is 0 Å². The third-order valence-electron chi connectivity index (χ3n) is 5.13. The van der Waals surface area contributed by atoms with Gasteiger partial charge < -0.3 is 4.74 Å². The van der Waals surface area contributed by atoms with E-state index in [4.69, 9.17) is 9.73 Å². The predicted octanol–water partition coefficient (Wildman–Crippen LogP) is 5.98. The van der Waals surface area contributed by atoms with Gasteiger partial charge in [0.25, 0.3) is 0 Å². The molecular formula is C27H23NO2. The molecule has 0 amide bonds. The minimum atomic E-state index is -0.350. The number of benzene rings is 4. The quantitative estimate of drug-likeness (QED) is 0.298. The van der Waals surface area contributed by atoms with Crippen molar-refractivity contribution in [2.45, 2.75) is 12.5 Å². The summed E-state index contributed by atoms with van der Waals surface area (Å²) in [4.78, 5) is 17.3. The van der Waals surface area contributed by atoms with E-state index < -0.39 is 0 Å². The number of methoxy groups -OCH3 is 1. The van der Waals surface area contributed by atoms with Crippen LogP contribution in [-0.2, 0) is 9.53 Å². The third kappa shape index (κ3) is 4.47. The van der Waals surface area contributed by atoms with Crippen LogP contribution in [-0.4, -0.2) is 18.8 Å². The number of fused-ring (bicyclic) bond motifs is 1. The maximum atomic E-state index is 12.2. The maximum absolute atomic E-state index is 12.2. The first-order valence-corrected chi connectivity index (χ1v) is 9.99. The molecule has 30 heavy (non-hydrogen) atoms. The van der Waals surface area contributed by atoms with Gasteiger partial charge in [-0.25, -0.2) is 0 Å². The molecule has 0 bridgehead atoms. The summed E-state index contributed by atoms with van der Waals surface area (Å²) in [5.74, 6) is -0.280. The standard InChI is InChI=1S/C27H23NO2/c1-30-26(29)19-25(24-17-16-20-10-8-9-15-23(20)18-24)28-27(21-11-4-2-5-12-21)22-13-6-3-7-14-22/h2-18,25H,19H2,1H3. The molecule has 0 aliphatic heterocycles. The molecule has 4 aromatic carbocycles. The first-order valence-electron chi connectivity index (χ1n) is 9.99. The second-order valence-electron chi connectivity index (χ2n) is 7.11. The fraction of sp³-hybridized carbons (Fsp3) is 0.111. The fourth-order valence-corrected chi connectivity index (χ4v) is 3.56. The van der Waals surface area contributed by atoms with E-state index in [-0.39, 0.29) is 18.4 Å². The van der Waals surface area contributed by atoms with Crippen molar-refractivity contribution in [3.63, 3.8) is 0 Å². The Morgan fingerprint density at radius 2 is 1.33 bits per heavy atom. The molecule has 1 unspecified atom stereocenters. The Balaban J connectivity index is 1.85. The Bertz CT molecular complexity index is 1130. The Kier molecular flexibility index (Phi) is 6.00. The number of hydrogen-bond donors (Lipinski definition) is 0. The summed E-state index contributed by atoms with van der Waals surface area (Å²) in [7, 11) is 1.42. The minimum absolute atomic E-state index is 0.179. The Hall–Kier alpha value is -3.72. The predicted molar refractivity (Wildman–Crippen MR) is 122 cm³/mol. The van der Waals surface area contributed by atoms with Crippen molar-refractivity contribution in [3.8, 4) is 0 Å². The number of carbonyl (C=O) groups excluding carboxylic acids is 1. The number of hydrogen-bond acceptors (Lipinski definition) is 3. The lowest BCUT2D eigenvalue weighted by molar-refractivity contribution is -0.141. The van der Waals surface area contributed by atoms with Crippen LogP contribution >= 0.6 is 0 Å². The number of nitrogens with zero attached hydrogens (tertiary/aromatic N) is 1. The van der Waals surface area contributed by atoms with Gasteiger partial charge in [-0.15, -0.1) is 0 Å². The van der Waals surface area contributed by atoms with E-state index in [0.717, 1.165) is 33.2 Å².